The van der Waals surface area contributed by atoms with Crippen molar-refractivity contribution < 1.29 is 9.47 Å². The molecule has 2 aliphatic heterocycles. The Morgan fingerprint density at radius 1 is 0.394 bits per heavy atom. The van der Waals surface area contributed by atoms with E-state index in [9.17, 15) is 0 Å². The van der Waals surface area contributed by atoms with Crippen LogP contribution in [-0.2, 0) is 0 Å². The van der Waals surface area contributed by atoms with Gasteiger partial charge in [-0.05, 0) is 36.4 Å². The highest BCUT2D eigenvalue weighted by molar-refractivity contribution is 7.12. The van der Waals surface area contributed by atoms with E-state index in [1.54, 1.807) is 0 Å². The summed E-state index contributed by atoms with van der Waals surface area (Å²) in [5.74, 6) is 4.09. The molecule has 33 heavy (non-hydrogen) atoms. The number of thiophene rings is 1. The van der Waals surface area contributed by atoms with Crippen LogP contribution in [-0.4, -0.2) is 0 Å². The van der Waals surface area contributed by atoms with Crippen LogP contribution in [0, 0.1) is 0 Å². The third-order valence-electron chi connectivity index (χ3n) is 6.58. The molecule has 5 aromatic rings. The lowest BCUT2D eigenvalue weighted by Crippen LogP contribution is -2.11. The summed E-state index contributed by atoms with van der Waals surface area (Å²) in [6, 6.07) is 38.2. The van der Waals surface area contributed by atoms with Crippen molar-refractivity contribution in [2.45, 2.75) is 11.8 Å². The molecule has 0 spiro atoms. The summed E-state index contributed by atoms with van der Waals surface area (Å²) in [7, 11) is 0. The average molecular weight is 445 g/mol. The number of ether oxygens (including phenoxy) is 2. The van der Waals surface area contributed by atoms with E-state index in [1.807, 2.05) is 35.6 Å². The standard InChI is InChI=1S/C30H20O2S/c1-5-13-23-19(9-1)29(20-10-2-6-14-24(20)31-23)27-17-18-28(33-27)30-21-11-3-7-15-25(21)32-26-16-8-4-12-22(26)30/h1-18,29-30H. The topological polar surface area (TPSA) is 18.5 Å². The van der Waals surface area contributed by atoms with Crippen LogP contribution in [0.5, 0.6) is 23.0 Å². The van der Waals surface area contributed by atoms with Gasteiger partial charge >= 0.3 is 0 Å². The first-order valence-corrected chi connectivity index (χ1v) is 12.0. The maximum Gasteiger partial charge on any atom is 0.131 e. The predicted octanol–water partition coefficient (Wildman–Crippen LogP) is 8.32. The average Bonchev–Trinajstić information content (AvgIpc) is 3.35. The Morgan fingerprint density at radius 3 is 1.03 bits per heavy atom. The highest BCUT2D eigenvalue weighted by Crippen LogP contribution is 2.52. The molecule has 2 aliphatic rings. The second kappa shape index (κ2) is 7.36. The first-order chi connectivity index (χ1) is 16.4. The Labute approximate surface area is 196 Å². The minimum atomic E-state index is 0.162. The molecule has 0 saturated carbocycles. The maximum atomic E-state index is 6.23. The Kier molecular flexibility index (Phi) is 4.18. The molecular formula is C30H20O2S. The molecule has 0 atom stereocenters. The van der Waals surface area contributed by atoms with Gasteiger partial charge in [-0.15, -0.1) is 11.3 Å². The molecule has 7 rings (SSSR count). The molecule has 3 heterocycles. The van der Waals surface area contributed by atoms with Crippen LogP contribution >= 0.6 is 11.3 Å². The number of hydrogen-bond acceptors (Lipinski definition) is 3. The van der Waals surface area contributed by atoms with Crippen LogP contribution in [0.3, 0.4) is 0 Å². The summed E-state index contributed by atoms with van der Waals surface area (Å²) in [4.78, 5) is 2.66. The lowest BCUT2D eigenvalue weighted by molar-refractivity contribution is 0.453. The van der Waals surface area contributed by atoms with E-state index in [0.717, 1.165) is 23.0 Å². The van der Waals surface area contributed by atoms with Crippen molar-refractivity contribution in [2.75, 3.05) is 0 Å². The zero-order valence-electron chi connectivity index (χ0n) is 17.8. The number of hydrogen-bond donors (Lipinski definition) is 0. The SMILES string of the molecule is c1ccc2c(c1)Oc1ccccc1C2c1ccc(C2c3ccccc3Oc3ccccc32)s1. The van der Waals surface area contributed by atoms with Gasteiger partial charge in [-0.1, -0.05) is 72.8 Å². The van der Waals surface area contributed by atoms with Gasteiger partial charge in [0, 0.05) is 32.0 Å². The van der Waals surface area contributed by atoms with Crippen LogP contribution in [0.2, 0.25) is 0 Å². The van der Waals surface area contributed by atoms with Gasteiger partial charge in [-0.25, -0.2) is 0 Å². The molecule has 158 valence electrons. The summed E-state index contributed by atoms with van der Waals surface area (Å²) in [6.45, 7) is 0. The molecule has 1 aromatic heterocycles. The van der Waals surface area contributed by atoms with E-state index in [4.69, 9.17) is 9.47 Å². The molecule has 0 fully saturated rings. The Balaban J connectivity index is 1.39. The number of fused-ring (bicyclic) bond motifs is 4. The molecule has 0 aliphatic carbocycles. The fraction of sp³-hybridized carbons (Fsp3) is 0.0667. The number of rotatable bonds is 2. The molecule has 0 radical (unpaired) electrons. The third kappa shape index (κ3) is 2.93. The first kappa shape index (κ1) is 18.7. The van der Waals surface area contributed by atoms with Crippen molar-refractivity contribution in [1.29, 1.82) is 0 Å². The fourth-order valence-electron chi connectivity index (χ4n) is 5.11. The lowest BCUT2D eigenvalue weighted by Gasteiger charge is -2.28. The van der Waals surface area contributed by atoms with E-state index in [-0.39, 0.29) is 11.8 Å². The van der Waals surface area contributed by atoms with Gasteiger partial charge < -0.3 is 9.47 Å². The molecule has 3 heteroatoms. The molecule has 2 nitrogen and oxygen atoms in total. The highest BCUT2D eigenvalue weighted by Gasteiger charge is 2.33. The van der Waals surface area contributed by atoms with Gasteiger partial charge in [0.1, 0.15) is 23.0 Å². The maximum absolute atomic E-state index is 6.23. The number of benzene rings is 4. The van der Waals surface area contributed by atoms with Gasteiger partial charge in [-0.2, -0.15) is 0 Å². The molecular weight excluding hydrogens is 424 g/mol. The Hall–Kier alpha value is -3.82. The van der Waals surface area contributed by atoms with E-state index in [2.05, 4.69) is 84.9 Å². The summed E-state index contributed by atoms with van der Waals surface area (Å²) >= 11 is 1.89. The largest absolute Gasteiger partial charge is 0.457 e. The monoisotopic (exact) mass is 444 g/mol. The van der Waals surface area contributed by atoms with E-state index in [0.29, 0.717) is 0 Å². The second-order valence-corrected chi connectivity index (χ2v) is 9.61. The lowest BCUT2D eigenvalue weighted by atomic mass is 9.86. The molecule has 4 aromatic carbocycles. The summed E-state index contributed by atoms with van der Waals surface area (Å²) in [5.41, 5.74) is 4.88. The zero-order chi connectivity index (χ0) is 21.8. The molecule has 0 unspecified atom stereocenters. The van der Waals surface area contributed by atoms with Gasteiger partial charge in [0.25, 0.3) is 0 Å². The Bertz CT molecular complexity index is 1300. The van der Waals surface area contributed by atoms with Crippen LogP contribution in [0.25, 0.3) is 0 Å². The molecule has 0 saturated heterocycles. The normalized spacial score (nSPS) is 14.3. The number of para-hydroxylation sites is 4. The third-order valence-corrected chi connectivity index (χ3v) is 7.79. The van der Waals surface area contributed by atoms with Gasteiger partial charge in [0.15, 0.2) is 0 Å². The van der Waals surface area contributed by atoms with Crippen LogP contribution in [0.15, 0.2) is 109 Å². The molecule has 0 amide bonds. The van der Waals surface area contributed by atoms with E-state index < -0.39 is 0 Å². The quantitative estimate of drug-likeness (QED) is 0.267. The van der Waals surface area contributed by atoms with Crippen LogP contribution < -0.4 is 9.47 Å². The summed E-state index contributed by atoms with van der Waals surface area (Å²) < 4.78 is 12.5. The second-order valence-electron chi connectivity index (χ2n) is 8.46. The van der Waals surface area contributed by atoms with Crippen LogP contribution in [0.4, 0.5) is 0 Å². The van der Waals surface area contributed by atoms with Crippen molar-refractivity contribution in [3.63, 3.8) is 0 Å². The molecule has 0 bridgehead atoms. The molecule has 0 N–H and O–H groups in total. The Morgan fingerprint density at radius 2 is 0.697 bits per heavy atom. The summed E-state index contributed by atoms with van der Waals surface area (Å²) in [6.07, 6.45) is 0. The van der Waals surface area contributed by atoms with Crippen molar-refractivity contribution >= 4 is 11.3 Å². The minimum absolute atomic E-state index is 0.162. The van der Waals surface area contributed by atoms with Gasteiger partial charge in [0.2, 0.25) is 0 Å². The first-order valence-electron chi connectivity index (χ1n) is 11.2. The van der Waals surface area contributed by atoms with Crippen molar-refractivity contribution in [1.82, 2.24) is 0 Å². The van der Waals surface area contributed by atoms with Gasteiger partial charge in [-0.3, -0.25) is 0 Å². The van der Waals surface area contributed by atoms with Crippen LogP contribution in [0.1, 0.15) is 43.8 Å². The predicted molar refractivity (Wildman–Crippen MR) is 132 cm³/mol. The fourth-order valence-corrected chi connectivity index (χ4v) is 6.40. The van der Waals surface area contributed by atoms with Gasteiger partial charge in [0.05, 0.1) is 11.8 Å². The minimum Gasteiger partial charge on any atom is -0.457 e. The van der Waals surface area contributed by atoms with Crippen molar-refractivity contribution in [2.24, 2.45) is 0 Å². The van der Waals surface area contributed by atoms with Crippen molar-refractivity contribution in [3.8, 4) is 23.0 Å². The zero-order valence-corrected chi connectivity index (χ0v) is 18.6. The smallest absolute Gasteiger partial charge is 0.131 e. The summed E-state index contributed by atoms with van der Waals surface area (Å²) in [5, 5.41) is 0. The highest BCUT2D eigenvalue weighted by atomic mass is 32.1. The van der Waals surface area contributed by atoms with E-state index >= 15 is 0 Å². The van der Waals surface area contributed by atoms with Crippen molar-refractivity contribution in [3.05, 3.63) is 141 Å². The van der Waals surface area contributed by atoms with E-state index in [1.165, 1.54) is 32.0 Å².